The number of halogens is 2. The van der Waals surface area contributed by atoms with Crippen molar-refractivity contribution in [3.63, 3.8) is 0 Å². The van der Waals surface area contributed by atoms with Gasteiger partial charge in [0.15, 0.2) is 0 Å². The van der Waals surface area contributed by atoms with Crippen molar-refractivity contribution < 1.29 is 0 Å². The Morgan fingerprint density at radius 1 is 1.19 bits per heavy atom. The zero-order valence-electron chi connectivity index (χ0n) is 10.1. The zero-order valence-corrected chi connectivity index (χ0v) is 11.6. The van der Waals surface area contributed by atoms with Gasteiger partial charge in [0.05, 0.1) is 6.04 Å². The van der Waals surface area contributed by atoms with E-state index in [1.54, 1.807) is 6.07 Å². The van der Waals surface area contributed by atoms with Crippen molar-refractivity contribution in [3.05, 3.63) is 33.8 Å². The van der Waals surface area contributed by atoms with Gasteiger partial charge in [-0.2, -0.15) is 0 Å². The SMILES string of the molecule is CNC(c1ccc(Cl)cc1Cl)C(C)(C)NC. The quantitative estimate of drug-likeness (QED) is 0.869. The first-order chi connectivity index (χ1) is 7.42. The molecule has 0 aliphatic rings. The fourth-order valence-electron chi connectivity index (χ4n) is 1.79. The number of likely N-dealkylation sites (N-methyl/N-ethyl adjacent to an activating group) is 2. The molecule has 1 aromatic carbocycles. The smallest absolute Gasteiger partial charge is 0.0511 e. The number of hydrogen-bond acceptors (Lipinski definition) is 2. The Labute approximate surface area is 107 Å². The minimum atomic E-state index is -0.0911. The van der Waals surface area contributed by atoms with Crippen LogP contribution in [0.25, 0.3) is 0 Å². The molecule has 2 nitrogen and oxygen atoms in total. The molecule has 0 saturated carbocycles. The highest BCUT2D eigenvalue weighted by molar-refractivity contribution is 6.35. The van der Waals surface area contributed by atoms with Crippen LogP contribution in [0.4, 0.5) is 0 Å². The minimum absolute atomic E-state index is 0.0911. The maximum absolute atomic E-state index is 6.21. The Balaban J connectivity index is 3.14. The molecule has 0 aromatic heterocycles. The van der Waals surface area contributed by atoms with E-state index >= 15 is 0 Å². The molecule has 0 amide bonds. The average molecular weight is 261 g/mol. The number of hydrogen-bond donors (Lipinski definition) is 2. The minimum Gasteiger partial charge on any atom is -0.313 e. The molecule has 90 valence electrons. The maximum atomic E-state index is 6.21. The van der Waals surface area contributed by atoms with Crippen molar-refractivity contribution >= 4 is 23.2 Å². The Hall–Kier alpha value is -0.280. The third kappa shape index (κ3) is 2.89. The van der Waals surface area contributed by atoms with Crippen LogP contribution >= 0.6 is 23.2 Å². The molecular weight excluding hydrogens is 243 g/mol. The fraction of sp³-hybridized carbons (Fsp3) is 0.500. The van der Waals surface area contributed by atoms with Crippen LogP contribution in [0.3, 0.4) is 0 Å². The van der Waals surface area contributed by atoms with E-state index in [2.05, 4.69) is 24.5 Å². The summed E-state index contributed by atoms with van der Waals surface area (Å²) in [6.07, 6.45) is 0. The van der Waals surface area contributed by atoms with E-state index in [4.69, 9.17) is 23.2 Å². The van der Waals surface area contributed by atoms with Gasteiger partial charge >= 0.3 is 0 Å². The molecule has 4 heteroatoms. The van der Waals surface area contributed by atoms with Gasteiger partial charge in [0.25, 0.3) is 0 Å². The topological polar surface area (TPSA) is 24.1 Å². The lowest BCUT2D eigenvalue weighted by molar-refractivity contribution is 0.311. The lowest BCUT2D eigenvalue weighted by atomic mass is 9.89. The van der Waals surface area contributed by atoms with Gasteiger partial charge in [0, 0.05) is 15.6 Å². The van der Waals surface area contributed by atoms with Gasteiger partial charge in [0.1, 0.15) is 0 Å². The molecule has 16 heavy (non-hydrogen) atoms. The molecule has 1 unspecified atom stereocenters. The molecular formula is C12H18Cl2N2. The Kier molecular flexibility index (Phi) is 4.62. The van der Waals surface area contributed by atoms with Crippen molar-refractivity contribution in [1.29, 1.82) is 0 Å². The molecule has 0 aliphatic carbocycles. The van der Waals surface area contributed by atoms with Gasteiger partial charge in [-0.1, -0.05) is 29.3 Å². The lowest BCUT2D eigenvalue weighted by Gasteiger charge is -2.34. The molecule has 0 radical (unpaired) electrons. The van der Waals surface area contributed by atoms with Crippen molar-refractivity contribution in [2.24, 2.45) is 0 Å². The standard InChI is InChI=1S/C12H18Cl2N2/c1-12(2,16-4)11(15-3)9-6-5-8(13)7-10(9)14/h5-7,11,15-16H,1-4H3. The van der Waals surface area contributed by atoms with E-state index in [0.717, 1.165) is 5.56 Å². The second kappa shape index (κ2) is 5.37. The van der Waals surface area contributed by atoms with E-state index in [1.165, 1.54) is 0 Å². The van der Waals surface area contributed by atoms with Gasteiger partial charge in [-0.15, -0.1) is 0 Å². The van der Waals surface area contributed by atoms with Crippen molar-refractivity contribution in [1.82, 2.24) is 10.6 Å². The summed E-state index contributed by atoms with van der Waals surface area (Å²) in [5.74, 6) is 0. The van der Waals surface area contributed by atoms with E-state index in [1.807, 2.05) is 26.2 Å². The molecule has 0 heterocycles. The summed E-state index contributed by atoms with van der Waals surface area (Å²) in [5.41, 5.74) is 0.958. The zero-order chi connectivity index (χ0) is 12.3. The van der Waals surface area contributed by atoms with Crippen LogP contribution < -0.4 is 10.6 Å². The molecule has 0 aliphatic heterocycles. The summed E-state index contributed by atoms with van der Waals surface area (Å²) in [4.78, 5) is 0. The summed E-state index contributed by atoms with van der Waals surface area (Å²) < 4.78 is 0. The lowest BCUT2D eigenvalue weighted by Crippen LogP contribution is -2.47. The van der Waals surface area contributed by atoms with Crippen LogP contribution in [0.1, 0.15) is 25.5 Å². The summed E-state index contributed by atoms with van der Waals surface area (Å²) in [6.45, 7) is 4.25. The Bertz CT molecular complexity index is 364. The van der Waals surface area contributed by atoms with E-state index in [9.17, 15) is 0 Å². The van der Waals surface area contributed by atoms with Crippen molar-refractivity contribution in [2.75, 3.05) is 14.1 Å². The van der Waals surface area contributed by atoms with Gasteiger partial charge in [-0.25, -0.2) is 0 Å². The van der Waals surface area contributed by atoms with Crippen LogP contribution in [-0.2, 0) is 0 Å². The molecule has 0 bridgehead atoms. The summed E-state index contributed by atoms with van der Waals surface area (Å²) in [5, 5.41) is 7.91. The predicted molar refractivity (Wildman–Crippen MR) is 71.4 cm³/mol. The molecule has 0 spiro atoms. The van der Waals surface area contributed by atoms with Gasteiger partial charge in [0.2, 0.25) is 0 Å². The largest absolute Gasteiger partial charge is 0.313 e. The molecule has 1 aromatic rings. The van der Waals surface area contributed by atoms with Gasteiger partial charge in [-0.3, -0.25) is 0 Å². The first-order valence-corrected chi connectivity index (χ1v) is 5.99. The first-order valence-electron chi connectivity index (χ1n) is 5.23. The number of benzene rings is 1. The van der Waals surface area contributed by atoms with Crippen LogP contribution in [0, 0.1) is 0 Å². The highest BCUT2D eigenvalue weighted by atomic mass is 35.5. The number of rotatable bonds is 4. The average Bonchev–Trinajstić information content (AvgIpc) is 2.22. The van der Waals surface area contributed by atoms with Crippen LogP contribution in [-0.4, -0.2) is 19.6 Å². The van der Waals surface area contributed by atoms with Crippen molar-refractivity contribution in [2.45, 2.75) is 25.4 Å². The maximum Gasteiger partial charge on any atom is 0.0511 e. The molecule has 0 saturated heterocycles. The Morgan fingerprint density at radius 3 is 2.25 bits per heavy atom. The highest BCUT2D eigenvalue weighted by Gasteiger charge is 2.29. The molecule has 1 atom stereocenters. The van der Waals surface area contributed by atoms with Gasteiger partial charge < -0.3 is 10.6 Å². The normalized spacial score (nSPS) is 13.9. The molecule has 2 N–H and O–H groups in total. The summed E-state index contributed by atoms with van der Waals surface area (Å²) in [7, 11) is 3.86. The third-order valence-electron chi connectivity index (χ3n) is 2.93. The molecule has 0 fully saturated rings. The van der Waals surface area contributed by atoms with Crippen LogP contribution in [0.5, 0.6) is 0 Å². The van der Waals surface area contributed by atoms with E-state index in [0.29, 0.717) is 10.0 Å². The molecule has 1 rings (SSSR count). The third-order valence-corrected chi connectivity index (χ3v) is 3.49. The summed E-state index contributed by atoms with van der Waals surface area (Å²) in [6, 6.07) is 5.72. The van der Waals surface area contributed by atoms with E-state index < -0.39 is 0 Å². The predicted octanol–water partition coefficient (Wildman–Crippen LogP) is 3.25. The van der Waals surface area contributed by atoms with Gasteiger partial charge in [-0.05, 0) is 45.6 Å². The summed E-state index contributed by atoms with van der Waals surface area (Å²) >= 11 is 12.1. The monoisotopic (exact) mass is 260 g/mol. The van der Waals surface area contributed by atoms with E-state index in [-0.39, 0.29) is 11.6 Å². The Morgan fingerprint density at radius 2 is 1.81 bits per heavy atom. The highest BCUT2D eigenvalue weighted by Crippen LogP contribution is 2.32. The number of nitrogens with one attached hydrogen (secondary N) is 2. The first kappa shape index (κ1) is 13.8. The van der Waals surface area contributed by atoms with Crippen LogP contribution in [0.15, 0.2) is 18.2 Å². The van der Waals surface area contributed by atoms with Crippen LogP contribution in [0.2, 0.25) is 10.0 Å². The van der Waals surface area contributed by atoms with Crippen molar-refractivity contribution in [3.8, 4) is 0 Å². The second-order valence-corrected chi connectivity index (χ2v) is 5.20. The second-order valence-electron chi connectivity index (χ2n) is 4.36. The fourth-order valence-corrected chi connectivity index (χ4v) is 2.30.